The van der Waals surface area contributed by atoms with E-state index in [2.05, 4.69) is 21.3 Å². The summed E-state index contributed by atoms with van der Waals surface area (Å²) in [6, 6.07) is 7.80. The summed E-state index contributed by atoms with van der Waals surface area (Å²) in [4.78, 5) is 67.5. The zero-order valence-corrected chi connectivity index (χ0v) is 20.0. The fourth-order valence-corrected chi connectivity index (χ4v) is 2.30. The molecule has 194 valence electrons. The molecule has 0 radical (unpaired) electrons. The number of hydrogen-bond donors (Lipinski definition) is 6. The predicted octanol–water partition coefficient (Wildman–Crippen LogP) is -0.353. The number of carbonyl (C=O) groups is 6. The van der Waals surface area contributed by atoms with Crippen LogP contribution in [0.2, 0.25) is 0 Å². The van der Waals surface area contributed by atoms with Crippen molar-refractivity contribution in [3.63, 3.8) is 0 Å². The van der Waals surface area contributed by atoms with Gasteiger partial charge in [-0.2, -0.15) is 0 Å². The second kappa shape index (κ2) is 15.6. The van der Waals surface area contributed by atoms with E-state index in [1.165, 1.54) is 0 Å². The maximum atomic E-state index is 12.3. The van der Waals surface area contributed by atoms with Gasteiger partial charge >= 0.3 is 12.1 Å². The van der Waals surface area contributed by atoms with Gasteiger partial charge in [-0.25, -0.2) is 4.79 Å². The summed E-state index contributed by atoms with van der Waals surface area (Å²) in [6.07, 6.45) is -0.642. The SMILES string of the molecule is CC(=O)O.CC(C)(C)OC(=O)NCC(=O)NCC(=O)NC(Cc1ccccc1)C(=O)NCC(=O)O. The number of ether oxygens (including phenoxy) is 1. The van der Waals surface area contributed by atoms with Crippen molar-refractivity contribution in [3.05, 3.63) is 35.9 Å². The van der Waals surface area contributed by atoms with Gasteiger partial charge in [0, 0.05) is 13.3 Å². The van der Waals surface area contributed by atoms with Crippen LogP contribution < -0.4 is 21.3 Å². The summed E-state index contributed by atoms with van der Waals surface area (Å²) >= 11 is 0. The van der Waals surface area contributed by atoms with Gasteiger partial charge in [0.15, 0.2) is 0 Å². The molecule has 1 aromatic carbocycles. The Kier molecular flexibility index (Phi) is 13.8. The molecule has 35 heavy (non-hydrogen) atoms. The summed E-state index contributed by atoms with van der Waals surface area (Å²) in [6.45, 7) is 4.69. The number of benzene rings is 1. The van der Waals surface area contributed by atoms with Gasteiger partial charge in [0.05, 0.1) is 6.54 Å². The Morgan fingerprint density at radius 2 is 1.40 bits per heavy atom. The lowest BCUT2D eigenvalue weighted by Gasteiger charge is -2.20. The van der Waals surface area contributed by atoms with Gasteiger partial charge < -0.3 is 36.2 Å². The number of alkyl carbamates (subject to hydrolysis) is 1. The van der Waals surface area contributed by atoms with Gasteiger partial charge in [-0.05, 0) is 26.3 Å². The summed E-state index contributed by atoms with van der Waals surface area (Å²) in [5.41, 5.74) is 0.0407. The predicted molar refractivity (Wildman–Crippen MR) is 123 cm³/mol. The minimum Gasteiger partial charge on any atom is -0.481 e. The van der Waals surface area contributed by atoms with E-state index in [1.807, 2.05) is 0 Å². The Hall–Kier alpha value is -4.16. The number of amides is 4. The van der Waals surface area contributed by atoms with Crippen LogP contribution in [0.5, 0.6) is 0 Å². The maximum Gasteiger partial charge on any atom is 0.408 e. The number of carbonyl (C=O) groups excluding carboxylic acids is 4. The van der Waals surface area contributed by atoms with Crippen molar-refractivity contribution in [1.29, 1.82) is 0 Å². The minimum absolute atomic E-state index is 0.131. The van der Waals surface area contributed by atoms with E-state index in [9.17, 15) is 24.0 Å². The normalized spacial score (nSPS) is 11.0. The molecule has 6 N–H and O–H groups in total. The van der Waals surface area contributed by atoms with E-state index in [1.54, 1.807) is 51.1 Å². The van der Waals surface area contributed by atoms with Gasteiger partial charge in [-0.15, -0.1) is 0 Å². The summed E-state index contributed by atoms with van der Waals surface area (Å²) in [7, 11) is 0. The van der Waals surface area contributed by atoms with Crippen molar-refractivity contribution in [2.75, 3.05) is 19.6 Å². The Morgan fingerprint density at radius 1 is 0.857 bits per heavy atom. The molecule has 0 spiro atoms. The van der Waals surface area contributed by atoms with Gasteiger partial charge in [-0.1, -0.05) is 30.3 Å². The van der Waals surface area contributed by atoms with Crippen LogP contribution in [0.1, 0.15) is 33.3 Å². The summed E-state index contributed by atoms with van der Waals surface area (Å²) in [5.74, 6) is -4.01. The highest BCUT2D eigenvalue weighted by atomic mass is 16.6. The Bertz CT molecular complexity index is 879. The molecule has 0 fully saturated rings. The summed E-state index contributed by atoms with van der Waals surface area (Å²) < 4.78 is 4.99. The molecule has 1 rings (SSSR count). The van der Waals surface area contributed by atoms with Crippen molar-refractivity contribution in [1.82, 2.24) is 21.3 Å². The van der Waals surface area contributed by atoms with Crippen LogP contribution in [0, 0.1) is 0 Å². The largest absolute Gasteiger partial charge is 0.481 e. The van der Waals surface area contributed by atoms with Crippen LogP contribution in [-0.2, 0) is 35.1 Å². The average molecular weight is 497 g/mol. The standard InChI is InChI=1S/C20H28N4O7.C2H4O2/c1-20(2,3)31-19(30)23-10-15(25)21-11-16(26)24-14(18(29)22-12-17(27)28)9-13-7-5-4-6-8-13;1-2(3)4/h4-8,14H,9-12H2,1-3H3,(H,21,25)(H,22,29)(H,23,30)(H,24,26)(H,27,28);1H3,(H,3,4). The van der Waals surface area contributed by atoms with Crippen LogP contribution in [0.15, 0.2) is 30.3 Å². The van der Waals surface area contributed by atoms with Gasteiger partial charge in [0.2, 0.25) is 17.7 Å². The third-order valence-corrected chi connectivity index (χ3v) is 3.59. The molecule has 0 saturated heterocycles. The number of rotatable bonds is 10. The fourth-order valence-electron chi connectivity index (χ4n) is 2.30. The number of hydrogen-bond acceptors (Lipinski definition) is 7. The smallest absolute Gasteiger partial charge is 0.408 e. The second-order valence-corrected chi connectivity index (χ2v) is 8.07. The number of carboxylic acid groups (broad SMARTS) is 2. The van der Waals surface area contributed by atoms with E-state index in [0.717, 1.165) is 12.5 Å². The zero-order valence-electron chi connectivity index (χ0n) is 20.0. The third kappa shape index (κ3) is 18.0. The van der Waals surface area contributed by atoms with Crippen molar-refractivity contribution in [2.45, 2.75) is 45.8 Å². The first kappa shape index (κ1) is 30.8. The molecule has 0 aliphatic carbocycles. The minimum atomic E-state index is -1.22. The Morgan fingerprint density at radius 3 is 1.91 bits per heavy atom. The lowest BCUT2D eigenvalue weighted by atomic mass is 10.1. The highest BCUT2D eigenvalue weighted by Crippen LogP contribution is 2.06. The number of aliphatic carboxylic acids is 2. The van der Waals surface area contributed by atoms with E-state index < -0.39 is 67.0 Å². The molecule has 13 nitrogen and oxygen atoms in total. The van der Waals surface area contributed by atoms with Crippen LogP contribution in [0.3, 0.4) is 0 Å². The molecule has 0 saturated carbocycles. The van der Waals surface area contributed by atoms with Gasteiger partial charge in [0.1, 0.15) is 24.7 Å². The first-order valence-electron chi connectivity index (χ1n) is 10.5. The van der Waals surface area contributed by atoms with Crippen molar-refractivity contribution in [3.8, 4) is 0 Å². The van der Waals surface area contributed by atoms with E-state index in [0.29, 0.717) is 0 Å². The monoisotopic (exact) mass is 496 g/mol. The molecule has 0 bridgehead atoms. The topological polar surface area (TPSA) is 200 Å². The molecule has 13 heteroatoms. The molecule has 1 unspecified atom stereocenters. The molecule has 0 aliphatic rings. The number of carboxylic acids is 2. The molecule has 0 aliphatic heterocycles. The molecular weight excluding hydrogens is 464 g/mol. The Labute approximate surface area is 202 Å². The van der Waals surface area contributed by atoms with Crippen LogP contribution in [-0.4, -0.2) is 77.2 Å². The van der Waals surface area contributed by atoms with Crippen LogP contribution >= 0.6 is 0 Å². The van der Waals surface area contributed by atoms with E-state index in [4.69, 9.17) is 19.7 Å². The van der Waals surface area contributed by atoms with Crippen molar-refractivity contribution >= 4 is 35.8 Å². The highest BCUT2D eigenvalue weighted by Gasteiger charge is 2.22. The zero-order chi connectivity index (χ0) is 27.0. The highest BCUT2D eigenvalue weighted by molar-refractivity contribution is 5.92. The van der Waals surface area contributed by atoms with Crippen molar-refractivity contribution < 1.29 is 43.7 Å². The van der Waals surface area contributed by atoms with Crippen molar-refractivity contribution in [2.24, 2.45) is 0 Å². The number of nitrogens with one attached hydrogen (secondary N) is 4. The molecular formula is C22H32N4O9. The molecule has 4 amide bonds. The average Bonchev–Trinajstić information content (AvgIpc) is 2.73. The maximum absolute atomic E-state index is 12.3. The Balaban J connectivity index is 0.00000267. The van der Waals surface area contributed by atoms with Gasteiger partial charge in [0.25, 0.3) is 5.97 Å². The van der Waals surface area contributed by atoms with Crippen LogP contribution in [0.4, 0.5) is 4.79 Å². The molecule has 1 atom stereocenters. The van der Waals surface area contributed by atoms with Gasteiger partial charge in [-0.3, -0.25) is 24.0 Å². The quantitative estimate of drug-likeness (QED) is 0.250. The molecule has 0 aromatic heterocycles. The second-order valence-electron chi connectivity index (χ2n) is 8.07. The lowest BCUT2D eigenvalue weighted by Crippen LogP contribution is -2.51. The molecule has 0 heterocycles. The van der Waals surface area contributed by atoms with Crippen LogP contribution in [0.25, 0.3) is 0 Å². The first-order valence-corrected chi connectivity index (χ1v) is 10.5. The molecule has 1 aromatic rings. The lowest BCUT2D eigenvalue weighted by molar-refractivity contribution is -0.138. The fraction of sp³-hybridized carbons (Fsp3) is 0.455. The first-order chi connectivity index (χ1) is 16.2. The van der Waals surface area contributed by atoms with E-state index >= 15 is 0 Å². The summed E-state index contributed by atoms with van der Waals surface area (Å²) in [5, 5.41) is 25.4. The third-order valence-electron chi connectivity index (χ3n) is 3.59. The van der Waals surface area contributed by atoms with E-state index in [-0.39, 0.29) is 6.42 Å².